The van der Waals surface area contributed by atoms with E-state index in [4.69, 9.17) is 5.11 Å². The summed E-state index contributed by atoms with van der Waals surface area (Å²) in [6.45, 7) is 4.41. The number of aliphatic hydroxyl groups excluding tert-OH is 4. The number of nitrogens with zero attached hydrogens (tertiary/aromatic N) is 1. The van der Waals surface area contributed by atoms with E-state index < -0.39 is 31.0 Å². The van der Waals surface area contributed by atoms with E-state index in [0.717, 1.165) is 19.4 Å². The number of unbranched alkanes of at least 4 members (excludes halogenated alkanes) is 6. The SMILES string of the molecule is CCCCCCCCCN1[C@@H]([C@H](O)CO)[C@H](O)[C@H](O)[C@@H]1C. The van der Waals surface area contributed by atoms with Crippen molar-refractivity contribution in [2.45, 2.75) is 89.2 Å². The van der Waals surface area contributed by atoms with Crippen molar-refractivity contribution < 1.29 is 20.4 Å². The first kappa shape index (κ1) is 18.8. The van der Waals surface area contributed by atoms with Gasteiger partial charge < -0.3 is 20.4 Å². The molecule has 1 rings (SSSR count). The third-order valence-corrected chi connectivity index (χ3v) is 4.70. The highest BCUT2D eigenvalue weighted by atomic mass is 16.3. The minimum atomic E-state index is -1.01. The minimum absolute atomic E-state index is 0.189. The zero-order valence-corrected chi connectivity index (χ0v) is 13.5. The molecule has 1 fully saturated rings. The van der Waals surface area contributed by atoms with Crippen LogP contribution < -0.4 is 0 Å². The smallest absolute Gasteiger partial charge is 0.0995 e. The second kappa shape index (κ2) is 9.74. The molecule has 0 amide bonds. The van der Waals surface area contributed by atoms with E-state index >= 15 is 0 Å². The van der Waals surface area contributed by atoms with Gasteiger partial charge in [-0.3, -0.25) is 4.90 Å². The first-order chi connectivity index (χ1) is 10.0. The molecule has 0 aromatic heterocycles. The second-order valence-corrected chi connectivity index (χ2v) is 6.32. The van der Waals surface area contributed by atoms with Crippen LogP contribution in [0.3, 0.4) is 0 Å². The van der Waals surface area contributed by atoms with E-state index in [1.165, 1.54) is 32.1 Å². The van der Waals surface area contributed by atoms with Gasteiger partial charge in [0.25, 0.3) is 0 Å². The molecule has 1 aliphatic rings. The minimum Gasteiger partial charge on any atom is -0.394 e. The third kappa shape index (κ3) is 5.18. The zero-order chi connectivity index (χ0) is 15.8. The van der Waals surface area contributed by atoms with Crippen LogP contribution in [-0.2, 0) is 0 Å². The van der Waals surface area contributed by atoms with Crippen LogP contribution in [0.1, 0.15) is 58.8 Å². The molecule has 126 valence electrons. The molecule has 0 bridgehead atoms. The molecule has 0 unspecified atom stereocenters. The van der Waals surface area contributed by atoms with E-state index in [2.05, 4.69) is 6.92 Å². The predicted octanol–water partition coefficient (Wildman–Crippen LogP) is 0.885. The highest BCUT2D eigenvalue weighted by Crippen LogP contribution is 2.28. The maximum Gasteiger partial charge on any atom is 0.0995 e. The zero-order valence-electron chi connectivity index (χ0n) is 13.5. The first-order valence-electron chi connectivity index (χ1n) is 8.45. The summed E-state index contributed by atoms with van der Waals surface area (Å²) in [5, 5.41) is 39.0. The van der Waals surface area contributed by atoms with Gasteiger partial charge in [-0.25, -0.2) is 0 Å². The lowest BCUT2D eigenvalue weighted by molar-refractivity contribution is -0.0306. The van der Waals surface area contributed by atoms with Gasteiger partial charge in [-0.2, -0.15) is 0 Å². The fourth-order valence-electron chi connectivity index (χ4n) is 3.31. The Morgan fingerprint density at radius 3 is 2.10 bits per heavy atom. The van der Waals surface area contributed by atoms with Crippen molar-refractivity contribution in [2.24, 2.45) is 0 Å². The van der Waals surface area contributed by atoms with E-state index in [1.54, 1.807) is 0 Å². The third-order valence-electron chi connectivity index (χ3n) is 4.70. The van der Waals surface area contributed by atoms with E-state index in [-0.39, 0.29) is 6.04 Å². The van der Waals surface area contributed by atoms with Crippen molar-refractivity contribution >= 4 is 0 Å². The van der Waals surface area contributed by atoms with E-state index in [1.807, 2.05) is 11.8 Å². The van der Waals surface area contributed by atoms with Gasteiger partial charge in [-0.1, -0.05) is 45.4 Å². The lowest BCUT2D eigenvalue weighted by Gasteiger charge is -2.31. The summed E-state index contributed by atoms with van der Waals surface area (Å²) in [6.07, 6.45) is 5.56. The molecule has 0 aromatic rings. The first-order valence-corrected chi connectivity index (χ1v) is 8.45. The fraction of sp³-hybridized carbons (Fsp3) is 1.00. The topological polar surface area (TPSA) is 84.2 Å². The van der Waals surface area contributed by atoms with Gasteiger partial charge in [0, 0.05) is 6.04 Å². The van der Waals surface area contributed by atoms with Gasteiger partial charge in [0.15, 0.2) is 0 Å². The summed E-state index contributed by atoms with van der Waals surface area (Å²) in [4.78, 5) is 1.95. The molecule has 0 radical (unpaired) electrons. The number of hydrogen-bond donors (Lipinski definition) is 4. The van der Waals surface area contributed by atoms with Crippen LogP contribution in [0.2, 0.25) is 0 Å². The Hall–Kier alpha value is -0.200. The van der Waals surface area contributed by atoms with Gasteiger partial charge >= 0.3 is 0 Å². The van der Waals surface area contributed by atoms with Crippen molar-refractivity contribution in [3.8, 4) is 0 Å². The molecule has 5 nitrogen and oxygen atoms in total. The van der Waals surface area contributed by atoms with Crippen LogP contribution in [0, 0.1) is 0 Å². The summed E-state index contributed by atoms with van der Waals surface area (Å²) >= 11 is 0. The predicted molar refractivity (Wildman–Crippen MR) is 83.1 cm³/mol. The van der Waals surface area contributed by atoms with Gasteiger partial charge in [-0.15, -0.1) is 0 Å². The molecular weight excluding hydrogens is 270 g/mol. The monoisotopic (exact) mass is 303 g/mol. The number of likely N-dealkylation sites (tertiary alicyclic amines) is 1. The molecular formula is C16H33NO4. The van der Waals surface area contributed by atoms with Crippen molar-refractivity contribution in [3.05, 3.63) is 0 Å². The average Bonchev–Trinajstić information content (AvgIpc) is 2.70. The Kier molecular flexibility index (Phi) is 8.74. The maximum absolute atomic E-state index is 10.0. The molecule has 21 heavy (non-hydrogen) atoms. The standard InChI is InChI=1S/C16H33NO4/c1-3-4-5-6-7-8-9-10-17-12(2)15(20)16(21)14(17)13(19)11-18/h12-16,18-21H,3-11H2,1-2H3/t12-,13+,14-,15+,16-/m0/s1. The molecule has 0 spiro atoms. The van der Waals surface area contributed by atoms with Crippen molar-refractivity contribution in [1.29, 1.82) is 0 Å². The average molecular weight is 303 g/mol. The molecule has 5 atom stereocenters. The lowest BCUT2D eigenvalue weighted by atomic mass is 10.0. The number of aliphatic hydroxyl groups is 4. The highest BCUT2D eigenvalue weighted by molar-refractivity contribution is 5.01. The lowest BCUT2D eigenvalue weighted by Crippen LogP contribution is -2.48. The normalized spacial score (nSPS) is 31.7. The Morgan fingerprint density at radius 1 is 0.952 bits per heavy atom. The van der Waals surface area contributed by atoms with Crippen LogP contribution in [0.4, 0.5) is 0 Å². The van der Waals surface area contributed by atoms with Crippen LogP contribution in [0.5, 0.6) is 0 Å². The molecule has 1 saturated heterocycles. The van der Waals surface area contributed by atoms with Crippen LogP contribution in [0.25, 0.3) is 0 Å². The van der Waals surface area contributed by atoms with Crippen molar-refractivity contribution in [3.63, 3.8) is 0 Å². The Labute approximate surface area is 128 Å². The van der Waals surface area contributed by atoms with Gasteiger partial charge in [0.2, 0.25) is 0 Å². The molecule has 0 aliphatic carbocycles. The molecule has 4 N–H and O–H groups in total. The van der Waals surface area contributed by atoms with Gasteiger partial charge in [0.05, 0.1) is 31.0 Å². The van der Waals surface area contributed by atoms with Crippen LogP contribution >= 0.6 is 0 Å². The van der Waals surface area contributed by atoms with E-state index in [0.29, 0.717) is 0 Å². The second-order valence-electron chi connectivity index (χ2n) is 6.32. The highest BCUT2D eigenvalue weighted by Gasteiger charge is 2.47. The van der Waals surface area contributed by atoms with Crippen molar-refractivity contribution in [2.75, 3.05) is 13.2 Å². The summed E-state index contributed by atoms with van der Waals surface area (Å²) in [5.74, 6) is 0. The van der Waals surface area contributed by atoms with Gasteiger partial charge in [-0.05, 0) is 19.9 Å². The fourth-order valence-corrected chi connectivity index (χ4v) is 3.31. The van der Waals surface area contributed by atoms with Gasteiger partial charge in [0.1, 0.15) is 0 Å². The summed E-state index contributed by atoms with van der Waals surface area (Å²) in [6, 6.07) is -0.758. The van der Waals surface area contributed by atoms with Crippen LogP contribution in [-0.4, -0.2) is 68.9 Å². The molecule has 0 saturated carbocycles. The summed E-state index contributed by atoms with van der Waals surface area (Å²) in [7, 11) is 0. The molecule has 1 aliphatic heterocycles. The van der Waals surface area contributed by atoms with Crippen molar-refractivity contribution in [1.82, 2.24) is 4.90 Å². The summed E-state index contributed by atoms with van der Waals surface area (Å²) in [5.41, 5.74) is 0. The quantitative estimate of drug-likeness (QED) is 0.450. The van der Waals surface area contributed by atoms with Crippen LogP contribution in [0.15, 0.2) is 0 Å². The largest absolute Gasteiger partial charge is 0.394 e. The maximum atomic E-state index is 10.0. The number of rotatable bonds is 10. The Balaban J connectivity index is 2.36. The molecule has 5 heteroatoms. The van der Waals surface area contributed by atoms with E-state index in [9.17, 15) is 15.3 Å². The molecule has 1 heterocycles. The molecule has 0 aromatic carbocycles. The summed E-state index contributed by atoms with van der Waals surface area (Å²) < 4.78 is 0. The Bertz CT molecular complexity index is 277. The number of hydrogen-bond acceptors (Lipinski definition) is 5. The Morgan fingerprint density at radius 2 is 1.52 bits per heavy atom.